The molecule has 1 aromatic carbocycles. The summed E-state index contributed by atoms with van der Waals surface area (Å²) in [5.41, 5.74) is 1.31. The fourth-order valence-corrected chi connectivity index (χ4v) is 5.98. The molecule has 0 aliphatic carbocycles. The molecule has 0 spiro atoms. The van der Waals surface area contributed by atoms with E-state index in [-0.39, 0.29) is 17.7 Å². The van der Waals surface area contributed by atoms with Crippen molar-refractivity contribution >= 4 is 15.9 Å². The van der Waals surface area contributed by atoms with E-state index in [4.69, 9.17) is 0 Å². The van der Waals surface area contributed by atoms with Gasteiger partial charge < -0.3 is 5.32 Å². The van der Waals surface area contributed by atoms with Crippen LogP contribution in [0, 0.1) is 5.92 Å². The van der Waals surface area contributed by atoms with E-state index in [0.717, 1.165) is 45.3 Å². The van der Waals surface area contributed by atoms with Crippen molar-refractivity contribution in [3.05, 3.63) is 35.9 Å². The summed E-state index contributed by atoms with van der Waals surface area (Å²) in [6.07, 6.45) is 4.79. The number of nitrogens with one attached hydrogen (secondary N) is 1. The minimum Gasteiger partial charge on any atom is -0.352 e. The highest BCUT2D eigenvalue weighted by Crippen LogP contribution is 2.24. The molecule has 29 heavy (non-hydrogen) atoms. The van der Waals surface area contributed by atoms with Gasteiger partial charge in [0.15, 0.2) is 0 Å². The highest BCUT2D eigenvalue weighted by molar-refractivity contribution is 7.89. The van der Waals surface area contributed by atoms with Gasteiger partial charge in [-0.25, -0.2) is 12.7 Å². The second-order valence-electron chi connectivity index (χ2n) is 8.47. The van der Waals surface area contributed by atoms with Gasteiger partial charge in [0, 0.05) is 45.2 Å². The van der Waals surface area contributed by atoms with Crippen LogP contribution in [0.5, 0.6) is 0 Å². The van der Waals surface area contributed by atoms with Gasteiger partial charge in [0.25, 0.3) is 0 Å². The maximum absolute atomic E-state index is 12.4. The molecule has 0 bridgehead atoms. The summed E-state index contributed by atoms with van der Waals surface area (Å²) in [6.45, 7) is 5.97. The summed E-state index contributed by atoms with van der Waals surface area (Å²) in [7, 11) is -3.08. The SMILES string of the molecule is CCCS(=O)(=O)N1CCC(CCC(=O)NC2CCN(Cc3ccccc3)C2)CC1. The second kappa shape index (κ2) is 10.5. The first-order chi connectivity index (χ1) is 14.0. The number of rotatable bonds is 9. The summed E-state index contributed by atoms with van der Waals surface area (Å²) in [6, 6.07) is 10.7. The fourth-order valence-electron chi connectivity index (χ4n) is 4.43. The Kier molecular flexibility index (Phi) is 8.09. The molecule has 1 N–H and O–H groups in total. The molecule has 1 amide bonds. The zero-order valence-corrected chi connectivity index (χ0v) is 18.4. The Bertz CT molecular complexity index is 746. The first kappa shape index (κ1) is 22.2. The molecule has 6 nitrogen and oxygen atoms in total. The van der Waals surface area contributed by atoms with Crippen LogP contribution in [0.4, 0.5) is 0 Å². The van der Waals surface area contributed by atoms with Crippen molar-refractivity contribution in [2.24, 2.45) is 5.92 Å². The largest absolute Gasteiger partial charge is 0.352 e. The molecule has 0 aromatic heterocycles. The van der Waals surface area contributed by atoms with Crippen molar-refractivity contribution < 1.29 is 13.2 Å². The Balaban J connectivity index is 1.33. The first-order valence-electron chi connectivity index (χ1n) is 11.0. The topological polar surface area (TPSA) is 69.7 Å². The lowest BCUT2D eigenvalue weighted by Gasteiger charge is -2.31. The van der Waals surface area contributed by atoms with E-state index < -0.39 is 10.0 Å². The minimum atomic E-state index is -3.08. The molecular weight excluding hydrogens is 386 g/mol. The second-order valence-corrected chi connectivity index (χ2v) is 10.6. The Morgan fingerprint density at radius 2 is 1.83 bits per heavy atom. The average Bonchev–Trinajstić information content (AvgIpc) is 3.14. The fraction of sp³-hybridized carbons (Fsp3) is 0.682. The van der Waals surface area contributed by atoms with E-state index in [9.17, 15) is 13.2 Å². The number of likely N-dealkylation sites (tertiary alicyclic amines) is 1. The molecule has 7 heteroatoms. The lowest BCUT2D eigenvalue weighted by atomic mass is 9.93. The Labute approximate surface area is 175 Å². The van der Waals surface area contributed by atoms with Crippen LogP contribution >= 0.6 is 0 Å². The van der Waals surface area contributed by atoms with Crippen LogP contribution in [-0.2, 0) is 21.4 Å². The van der Waals surface area contributed by atoms with Gasteiger partial charge in [-0.1, -0.05) is 37.3 Å². The normalized spacial score (nSPS) is 22.0. The molecule has 162 valence electrons. The number of nitrogens with zero attached hydrogens (tertiary/aromatic N) is 2. The Hall–Kier alpha value is -1.44. The van der Waals surface area contributed by atoms with Gasteiger partial charge in [-0.2, -0.15) is 0 Å². The summed E-state index contributed by atoms with van der Waals surface area (Å²) < 4.78 is 25.9. The molecule has 2 aliphatic rings. The van der Waals surface area contributed by atoms with Crippen molar-refractivity contribution in [3.8, 4) is 0 Å². The van der Waals surface area contributed by atoms with Gasteiger partial charge in [-0.15, -0.1) is 0 Å². The predicted octanol–water partition coefficient (Wildman–Crippen LogP) is 2.61. The highest BCUT2D eigenvalue weighted by Gasteiger charge is 2.28. The van der Waals surface area contributed by atoms with E-state index in [2.05, 4.69) is 34.5 Å². The molecular formula is C22H35N3O3S. The number of carbonyl (C=O) groups is 1. The van der Waals surface area contributed by atoms with E-state index in [1.165, 1.54) is 5.56 Å². The number of hydrogen-bond acceptors (Lipinski definition) is 4. The van der Waals surface area contributed by atoms with Gasteiger partial charge in [0.1, 0.15) is 0 Å². The van der Waals surface area contributed by atoms with Gasteiger partial charge in [0.05, 0.1) is 5.75 Å². The minimum absolute atomic E-state index is 0.137. The maximum Gasteiger partial charge on any atom is 0.220 e. The molecule has 1 atom stereocenters. The van der Waals surface area contributed by atoms with E-state index in [0.29, 0.717) is 31.8 Å². The Morgan fingerprint density at radius 1 is 1.10 bits per heavy atom. The molecule has 2 aliphatic heterocycles. The lowest BCUT2D eigenvalue weighted by Crippen LogP contribution is -2.40. The number of hydrogen-bond donors (Lipinski definition) is 1. The van der Waals surface area contributed by atoms with Crippen molar-refractivity contribution in [2.45, 2.75) is 58.0 Å². The van der Waals surface area contributed by atoms with Crippen LogP contribution in [0.25, 0.3) is 0 Å². The summed E-state index contributed by atoms with van der Waals surface area (Å²) in [4.78, 5) is 14.8. The zero-order valence-electron chi connectivity index (χ0n) is 17.6. The third-order valence-electron chi connectivity index (χ3n) is 6.10. The first-order valence-corrected chi connectivity index (χ1v) is 12.6. The van der Waals surface area contributed by atoms with Crippen LogP contribution < -0.4 is 5.32 Å². The average molecular weight is 422 g/mol. The smallest absolute Gasteiger partial charge is 0.220 e. The summed E-state index contributed by atoms with van der Waals surface area (Å²) in [5, 5.41) is 3.20. The van der Waals surface area contributed by atoms with Crippen LogP contribution in [-0.4, -0.2) is 61.5 Å². The van der Waals surface area contributed by atoms with Crippen LogP contribution in [0.3, 0.4) is 0 Å². The van der Waals surface area contributed by atoms with Crippen molar-refractivity contribution in [2.75, 3.05) is 31.9 Å². The number of sulfonamides is 1. The number of carbonyl (C=O) groups excluding carboxylic acids is 1. The number of amides is 1. The Morgan fingerprint density at radius 3 is 2.52 bits per heavy atom. The lowest BCUT2D eigenvalue weighted by molar-refractivity contribution is -0.122. The van der Waals surface area contributed by atoms with Gasteiger partial charge >= 0.3 is 0 Å². The zero-order chi connectivity index (χ0) is 20.7. The number of piperidine rings is 1. The molecule has 1 unspecified atom stereocenters. The van der Waals surface area contributed by atoms with Crippen molar-refractivity contribution in [1.29, 1.82) is 0 Å². The molecule has 2 fully saturated rings. The molecule has 0 radical (unpaired) electrons. The summed E-state index contributed by atoms with van der Waals surface area (Å²) in [5.74, 6) is 0.826. The van der Waals surface area contributed by atoms with E-state index in [1.54, 1.807) is 4.31 Å². The molecule has 1 aromatic rings. The van der Waals surface area contributed by atoms with Crippen LogP contribution in [0.2, 0.25) is 0 Å². The molecule has 2 saturated heterocycles. The maximum atomic E-state index is 12.4. The highest BCUT2D eigenvalue weighted by atomic mass is 32.2. The van der Waals surface area contributed by atoms with Crippen molar-refractivity contribution in [1.82, 2.24) is 14.5 Å². The third kappa shape index (κ3) is 6.79. The van der Waals surface area contributed by atoms with Gasteiger partial charge in [-0.05, 0) is 43.6 Å². The van der Waals surface area contributed by atoms with Gasteiger partial charge in [0.2, 0.25) is 15.9 Å². The number of benzene rings is 1. The molecule has 2 heterocycles. The van der Waals surface area contributed by atoms with Crippen LogP contribution in [0.15, 0.2) is 30.3 Å². The summed E-state index contributed by atoms with van der Waals surface area (Å²) >= 11 is 0. The standard InChI is InChI=1S/C22H35N3O3S/c1-2-16-29(27,28)25-14-10-19(11-15-25)8-9-22(26)23-21-12-13-24(18-21)17-20-6-4-3-5-7-20/h3-7,19,21H,2,8-18H2,1H3,(H,23,26). The van der Waals surface area contributed by atoms with Crippen LogP contribution in [0.1, 0.15) is 51.0 Å². The molecule has 0 saturated carbocycles. The van der Waals surface area contributed by atoms with E-state index >= 15 is 0 Å². The quantitative estimate of drug-likeness (QED) is 0.665. The third-order valence-corrected chi connectivity index (χ3v) is 8.17. The monoisotopic (exact) mass is 421 g/mol. The van der Waals surface area contributed by atoms with E-state index in [1.807, 2.05) is 13.0 Å². The van der Waals surface area contributed by atoms with Crippen molar-refractivity contribution in [3.63, 3.8) is 0 Å². The predicted molar refractivity (Wildman–Crippen MR) is 116 cm³/mol. The van der Waals surface area contributed by atoms with Gasteiger partial charge in [-0.3, -0.25) is 9.69 Å². The molecule has 3 rings (SSSR count).